The van der Waals surface area contributed by atoms with E-state index in [1.165, 1.54) is 14.2 Å². The zero-order chi connectivity index (χ0) is 24.3. The van der Waals surface area contributed by atoms with Crippen LogP contribution in [-0.4, -0.2) is 34.9 Å². The number of anilines is 1. The maximum Gasteiger partial charge on any atom is 0.300 e. The molecule has 0 saturated heterocycles. The van der Waals surface area contributed by atoms with Gasteiger partial charge in [-0.05, 0) is 30.2 Å². The number of ether oxygens (including phenoxy) is 2. The van der Waals surface area contributed by atoms with Crippen molar-refractivity contribution in [3.63, 3.8) is 0 Å². The Morgan fingerprint density at radius 1 is 0.943 bits per heavy atom. The molecular weight excluding hydrogens is 444 g/mol. The van der Waals surface area contributed by atoms with E-state index in [1.54, 1.807) is 15.6 Å². The smallest absolute Gasteiger partial charge is 0.300 e. The molecule has 2 aliphatic rings. The Morgan fingerprint density at radius 3 is 2.43 bits per heavy atom. The van der Waals surface area contributed by atoms with Gasteiger partial charge < -0.3 is 9.47 Å². The number of rotatable bonds is 4. The molecule has 174 valence electrons. The number of hydrogen-bond donors (Lipinski definition) is 0. The summed E-state index contributed by atoms with van der Waals surface area (Å²) < 4.78 is 12.7. The van der Waals surface area contributed by atoms with Crippen LogP contribution in [0.1, 0.15) is 34.6 Å². The van der Waals surface area contributed by atoms with Gasteiger partial charge in [0.2, 0.25) is 0 Å². The summed E-state index contributed by atoms with van der Waals surface area (Å²) in [6, 6.07) is 18.7. The van der Waals surface area contributed by atoms with Gasteiger partial charge in [-0.1, -0.05) is 49.4 Å². The van der Waals surface area contributed by atoms with E-state index in [0.29, 0.717) is 45.3 Å². The molecule has 35 heavy (non-hydrogen) atoms. The summed E-state index contributed by atoms with van der Waals surface area (Å²) in [6.07, 6.45) is 0.275. The molecule has 3 heterocycles. The van der Waals surface area contributed by atoms with Gasteiger partial charge in [-0.15, -0.1) is 0 Å². The van der Waals surface area contributed by atoms with Gasteiger partial charge in [-0.3, -0.25) is 14.5 Å². The van der Waals surface area contributed by atoms with E-state index in [9.17, 15) is 9.59 Å². The lowest BCUT2D eigenvalue weighted by Gasteiger charge is -2.34. The Labute approximate surface area is 201 Å². The first-order valence-corrected chi connectivity index (χ1v) is 11.3. The number of amides is 1. The number of hydrogen-bond acceptors (Lipinski definition) is 6. The van der Waals surface area contributed by atoms with Gasteiger partial charge in [-0.2, -0.15) is 10.1 Å². The van der Waals surface area contributed by atoms with Crippen molar-refractivity contribution in [2.45, 2.75) is 19.5 Å². The highest BCUT2D eigenvalue weighted by Crippen LogP contribution is 2.50. The molecule has 1 amide bonds. The standard InChI is InChI=1S/C27H22N4O4/c1-4-15-9-11-16(12-10-15)22-25(32)28-24-17-7-5-6-8-19(17)30-26(31(24)29-22)18-13-14-20(34-2)23(35-3)21(18)27(30)33/h5-14,26H,4H2,1-3H3. The molecule has 2 aliphatic heterocycles. The van der Waals surface area contributed by atoms with Gasteiger partial charge in [0.1, 0.15) is 0 Å². The van der Waals surface area contributed by atoms with Crippen molar-refractivity contribution in [2.24, 2.45) is 0 Å². The second-order valence-electron chi connectivity index (χ2n) is 8.42. The zero-order valence-electron chi connectivity index (χ0n) is 19.5. The summed E-state index contributed by atoms with van der Waals surface area (Å²) in [5, 5.41) is 4.79. The molecule has 6 rings (SSSR count). The van der Waals surface area contributed by atoms with Crippen LogP contribution in [0.5, 0.6) is 11.5 Å². The number of carbonyl (C=O) groups is 1. The molecule has 1 atom stereocenters. The van der Waals surface area contributed by atoms with Crippen LogP contribution in [-0.2, 0) is 6.42 Å². The molecule has 1 unspecified atom stereocenters. The lowest BCUT2D eigenvalue weighted by Crippen LogP contribution is -2.39. The van der Waals surface area contributed by atoms with Crippen molar-refractivity contribution in [2.75, 3.05) is 19.1 Å². The van der Waals surface area contributed by atoms with Crippen molar-refractivity contribution >= 4 is 11.6 Å². The Hall–Kier alpha value is -4.46. The summed E-state index contributed by atoms with van der Waals surface area (Å²) >= 11 is 0. The van der Waals surface area contributed by atoms with Gasteiger partial charge in [0.15, 0.2) is 29.2 Å². The first kappa shape index (κ1) is 21.1. The molecule has 0 aliphatic carbocycles. The van der Waals surface area contributed by atoms with Crippen molar-refractivity contribution in [1.82, 2.24) is 14.8 Å². The largest absolute Gasteiger partial charge is 0.493 e. The highest BCUT2D eigenvalue weighted by molar-refractivity contribution is 6.15. The second-order valence-corrected chi connectivity index (χ2v) is 8.42. The predicted molar refractivity (Wildman–Crippen MR) is 131 cm³/mol. The number of benzene rings is 3. The maximum absolute atomic E-state index is 13.8. The van der Waals surface area contributed by atoms with Crippen molar-refractivity contribution < 1.29 is 14.3 Å². The highest BCUT2D eigenvalue weighted by Gasteiger charge is 2.47. The van der Waals surface area contributed by atoms with Crippen LogP contribution in [0.25, 0.3) is 22.6 Å². The Morgan fingerprint density at radius 2 is 1.71 bits per heavy atom. The van der Waals surface area contributed by atoms with Gasteiger partial charge >= 0.3 is 0 Å². The number of nitrogens with zero attached hydrogens (tertiary/aromatic N) is 4. The van der Waals surface area contributed by atoms with Crippen LogP contribution in [0.15, 0.2) is 65.5 Å². The van der Waals surface area contributed by atoms with Crippen molar-refractivity contribution in [1.29, 1.82) is 0 Å². The van der Waals surface area contributed by atoms with Gasteiger partial charge in [0.25, 0.3) is 11.5 Å². The Balaban J connectivity index is 1.64. The number of carbonyl (C=O) groups excluding carboxylic acids is 1. The molecule has 0 spiro atoms. The lowest BCUT2D eigenvalue weighted by atomic mass is 10.0. The monoisotopic (exact) mass is 466 g/mol. The first-order chi connectivity index (χ1) is 17.1. The normalized spacial score (nSPS) is 15.2. The summed E-state index contributed by atoms with van der Waals surface area (Å²) in [6.45, 7) is 2.08. The maximum atomic E-state index is 13.8. The fourth-order valence-electron chi connectivity index (χ4n) is 4.94. The average Bonchev–Trinajstić information content (AvgIpc) is 3.20. The molecule has 0 bridgehead atoms. The molecule has 1 aromatic heterocycles. The van der Waals surface area contributed by atoms with E-state index in [1.807, 2.05) is 54.6 Å². The van der Waals surface area contributed by atoms with E-state index in [2.05, 4.69) is 11.9 Å². The molecule has 4 aromatic rings. The number of para-hydroxylation sites is 1. The van der Waals surface area contributed by atoms with E-state index >= 15 is 0 Å². The molecule has 0 fully saturated rings. The number of aromatic nitrogens is 3. The topological polar surface area (TPSA) is 86.6 Å². The fraction of sp³-hybridized carbons (Fsp3) is 0.185. The summed E-state index contributed by atoms with van der Waals surface area (Å²) in [7, 11) is 3.05. The third-order valence-electron chi connectivity index (χ3n) is 6.64. The highest BCUT2D eigenvalue weighted by atomic mass is 16.5. The van der Waals surface area contributed by atoms with Gasteiger partial charge in [0.05, 0.1) is 25.5 Å². The average molecular weight is 466 g/mol. The van der Waals surface area contributed by atoms with Crippen molar-refractivity contribution in [3.05, 3.63) is 87.7 Å². The van der Waals surface area contributed by atoms with E-state index in [0.717, 1.165) is 12.0 Å². The fourth-order valence-corrected chi connectivity index (χ4v) is 4.94. The second kappa shape index (κ2) is 7.80. The lowest BCUT2D eigenvalue weighted by molar-refractivity contribution is 0.0983. The first-order valence-electron chi connectivity index (χ1n) is 11.3. The van der Waals surface area contributed by atoms with Crippen LogP contribution in [0.4, 0.5) is 5.69 Å². The molecule has 0 N–H and O–H groups in total. The summed E-state index contributed by atoms with van der Waals surface area (Å²) in [4.78, 5) is 33.1. The predicted octanol–water partition coefficient (Wildman–Crippen LogP) is 4.07. The zero-order valence-corrected chi connectivity index (χ0v) is 19.5. The van der Waals surface area contributed by atoms with Crippen LogP contribution in [0, 0.1) is 0 Å². The van der Waals surface area contributed by atoms with Crippen LogP contribution in [0.3, 0.4) is 0 Å². The molecule has 0 radical (unpaired) electrons. The molecule has 3 aromatic carbocycles. The molecule has 0 saturated carbocycles. The minimum absolute atomic E-state index is 0.229. The number of fused-ring (bicyclic) bond motifs is 8. The minimum atomic E-state index is -0.621. The minimum Gasteiger partial charge on any atom is -0.493 e. The van der Waals surface area contributed by atoms with Crippen LogP contribution >= 0.6 is 0 Å². The summed E-state index contributed by atoms with van der Waals surface area (Å²) in [5.41, 5.74) is 4.09. The SMILES string of the molecule is CCc1ccc(-c2nn3c(nc2=O)-c2ccccc2N2C(=O)c4c(ccc(OC)c4OC)C23)cc1. The van der Waals surface area contributed by atoms with E-state index in [4.69, 9.17) is 14.6 Å². The van der Waals surface area contributed by atoms with Crippen LogP contribution in [0.2, 0.25) is 0 Å². The quantitative estimate of drug-likeness (QED) is 0.451. The van der Waals surface area contributed by atoms with Crippen molar-refractivity contribution in [3.8, 4) is 34.1 Å². The third-order valence-corrected chi connectivity index (χ3v) is 6.64. The molecule has 8 nitrogen and oxygen atoms in total. The van der Waals surface area contributed by atoms with E-state index in [-0.39, 0.29) is 11.6 Å². The molecule has 8 heteroatoms. The van der Waals surface area contributed by atoms with E-state index < -0.39 is 11.7 Å². The van der Waals surface area contributed by atoms with Gasteiger partial charge in [-0.25, -0.2) is 4.68 Å². The number of aryl methyl sites for hydroxylation is 1. The van der Waals surface area contributed by atoms with Gasteiger partial charge in [0, 0.05) is 16.7 Å². The third kappa shape index (κ3) is 2.92. The number of methoxy groups -OCH3 is 2. The Bertz CT molecular complexity index is 1560. The van der Waals surface area contributed by atoms with Crippen LogP contribution < -0.4 is 19.9 Å². The molecular formula is C27H22N4O4. The summed E-state index contributed by atoms with van der Waals surface area (Å²) in [5.74, 6) is 1.02. The Kier molecular flexibility index (Phi) is 4.70.